The maximum absolute atomic E-state index is 13.5. The summed E-state index contributed by atoms with van der Waals surface area (Å²) in [6, 6.07) is 10.3. The molecule has 1 aromatic heterocycles. The van der Waals surface area contributed by atoms with Crippen molar-refractivity contribution in [1.29, 1.82) is 0 Å². The maximum Gasteiger partial charge on any atom is 0.271 e. The molecule has 3 aromatic rings. The van der Waals surface area contributed by atoms with Gasteiger partial charge in [0, 0.05) is 18.9 Å². The van der Waals surface area contributed by atoms with Crippen LogP contribution >= 0.6 is 0 Å². The van der Waals surface area contributed by atoms with Crippen LogP contribution in [0.4, 0.5) is 5.69 Å². The molecular weight excluding hydrogens is 418 g/mol. The van der Waals surface area contributed by atoms with E-state index in [-0.39, 0.29) is 17.5 Å². The number of benzene rings is 2. The minimum atomic E-state index is -0.797. The Morgan fingerprint density at radius 2 is 1.97 bits per heavy atom. The van der Waals surface area contributed by atoms with Crippen molar-refractivity contribution in [2.24, 2.45) is 0 Å². The Morgan fingerprint density at radius 3 is 2.76 bits per heavy atom. The molecule has 3 amide bonds. The summed E-state index contributed by atoms with van der Waals surface area (Å²) in [7, 11) is 0. The van der Waals surface area contributed by atoms with Crippen LogP contribution < -0.4 is 10.6 Å². The van der Waals surface area contributed by atoms with E-state index in [9.17, 15) is 14.4 Å². The summed E-state index contributed by atoms with van der Waals surface area (Å²) in [6.07, 6.45) is 4.75. The van der Waals surface area contributed by atoms with E-state index in [1.54, 1.807) is 11.0 Å². The molecule has 5 rings (SSSR count). The summed E-state index contributed by atoms with van der Waals surface area (Å²) in [5, 5.41) is 5.75. The van der Waals surface area contributed by atoms with Gasteiger partial charge in [-0.3, -0.25) is 19.4 Å². The van der Waals surface area contributed by atoms with E-state index in [4.69, 9.17) is 0 Å². The molecule has 0 radical (unpaired) electrons. The van der Waals surface area contributed by atoms with E-state index in [1.807, 2.05) is 24.3 Å². The van der Waals surface area contributed by atoms with Crippen molar-refractivity contribution in [3.63, 3.8) is 0 Å². The molecule has 0 bridgehead atoms. The van der Waals surface area contributed by atoms with Gasteiger partial charge in [-0.2, -0.15) is 0 Å². The lowest BCUT2D eigenvalue weighted by molar-refractivity contribution is -0.120. The van der Waals surface area contributed by atoms with Gasteiger partial charge >= 0.3 is 0 Å². The average molecular weight is 441 g/mol. The predicted molar refractivity (Wildman–Crippen MR) is 123 cm³/mol. The van der Waals surface area contributed by atoms with Gasteiger partial charge in [-0.1, -0.05) is 24.3 Å². The zero-order chi connectivity index (χ0) is 23.1. The second-order valence-electron chi connectivity index (χ2n) is 8.40. The van der Waals surface area contributed by atoms with Crippen molar-refractivity contribution in [3.8, 4) is 11.1 Å². The number of amides is 3. The summed E-state index contributed by atoms with van der Waals surface area (Å²) < 4.78 is 0. The third kappa shape index (κ3) is 3.63. The van der Waals surface area contributed by atoms with Crippen molar-refractivity contribution < 1.29 is 14.4 Å². The first-order valence-electron chi connectivity index (χ1n) is 10.8. The lowest BCUT2D eigenvalue weighted by Gasteiger charge is -2.24. The fraction of sp³-hybridized carbons (Fsp3) is 0.240. The fourth-order valence-electron chi connectivity index (χ4n) is 4.58. The Balaban J connectivity index is 1.45. The van der Waals surface area contributed by atoms with Crippen molar-refractivity contribution in [1.82, 2.24) is 20.2 Å². The maximum atomic E-state index is 13.5. The number of nitrogens with zero attached hydrogens (tertiary/aromatic N) is 3. The molecule has 3 heterocycles. The van der Waals surface area contributed by atoms with Gasteiger partial charge < -0.3 is 15.5 Å². The third-order valence-corrected chi connectivity index (χ3v) is 6.46. The number of anilines is 1. The summed E-state index contributed by atoms with van der Waals surface area (Å²) in [5.41, 5.74) is 5.38. The molecule has 1 saturated heterocycles. The van der Waals surface area contributed by atoms with E-state index in [2.05, 4.69) is 40.5 Å². The number of hydrogen-bond acceptors (Lipinski definition) is 5. The van der Waals surface area contributed by atoms with E-state index in [0.717, 1.165) is 16.7 Å². The van der Waals surface area contributed by atoms with Crippen LogP contribution in [0.2, 0.25) is 0 Å². The molecule has 0 aliphatic carbocycles. The normalized spacial score (nSPS) is 19.4. The molecule has 2 unspecified atom stereocenters. The molecule has 166 valence electrons. The predicted octanol–water partition coefficient (Wildman–Crippen LogP) is 2.73. The number of hydrogen-bond donors (Lipinski definition) is 2. The van der Waals surface area contributed by atoms with Gasteiger partial charge in [0.25, 0.3) is 11.8 Å². The minimum Gasteiger partial charge on any atom is -0.345 e. The number of aryl methyl sites for hydroxylation is 1. The molecular formula is C25H23N5O3. The first-order valence-corrected chi connectivity index (χ1v) is 10.8. The Labute approximate surface area is 191 Å². The molecule has 1 fully saturated rings. The van der Waals surface area contributed by atoms with Crippen LogP contribution in [0.5, 0.6) is 0 Å². The molecule has 33 heavy (non-hydrogen) atoms. The largest absolute Gasteiger partial charge is 0.345 e. The number of aromatic nitrogens is 2. The zero-order valence-corrected chi connectivity index (χ0v) is 18.3. The van der Waals surface area contributed by atoms with Crippen molar-refractivity contribution in [2.45, 2.75) is 32.4 Å². The van der Waals surface area contributed by atoms with Crippen LogP contribution in [-0.4, -0.2) is 51.2 Å². The Hall–Kier alpha value is -4.07. The van der Waals surface area contributed by atoms with Gasteiger partial charge in [0.1, 0.15) is 11.7 Å². The molecule has 2 aliphatic rings. The number of carbonyl (C=O) groups excluding carboxylic acids is 3. The molecule has 0 spiro atoms. The minimum absolute atomic E-state index is 0.165. The second-order valence-corrected chi connectivity index (χ2v) is 8.40. The van der Waals surface area contributed by atoms with Crippen molar-refractivity contribution >= 4 is 23.4 Å². The molecule has 2 N–H and O–H groups in total. The summed E-state index contributed by atoms with van der Waals surface area (Å²) in [6.45, 7) is 4.48. The SMILES string of the molecule is Cc1cccc(-c2ccc3c(c2)C(=O)N2CCC(NC(=O)c4cnccn4)C2C(=O)N3)c1C. The number of carbonyl (C=O) groups is 3. The highest BCUT2D eigenvalue weighted by Gasteiger charge is 2.45. The first-order chi connectivity index (χ1) is 15.9. The lowest BCUT2D eigenvalue weighted by atomic mass is 9.95. The summed E-state index contributed by atoms with van der Waals surface area (Å²) >= 11 is 0. The van der Waals surface area contributed by atoms with Crippen molar-refractivity contribution in [2.75, 3.05) is 11.9 Å². The second kappa shape index (κ2) is 8.12. The van der Waals surface area contributed by atoms with Crippen LogP contribution in [0.3, 0.4) is 0 Å². The molecule has 8 heteroatoms. The van der Waals surface area contributed by atoms with E-state index < -0.39 is 18.0 Å². The summed E-state index contributed by atoms with van der Waals surface area (Å²) in [4.78, 5) is 48.6. The Morgan fingerprint density at radius 1 is 1.12 bits per heavy atom. The average Bonchev–Trinajstić information content (AvgIpc) is 3.20. The van der Waals surface area contributed by atoms with Gasteiger partial charge in [-0.15, -0.1) is 0 Å². The summed E-state index contributed by atoms with van der Waals surface area (Å²) in [5.74, 6) is -0.963. The Bertz CT molecular complexity index is 1270. The molecule has 2 aliphatic heterocycles. The smallest absolute Gasteiger partial charge is 0.271 e. The molecule has 0 saturated carbocycles. The number of nitrogens with one attached hydrogen (secondary N) is 2. The number of rotatable bonds is 3. The van der Waals surface area contributed by atoms with Crippen LogP contribution in [0.15, 0.2) is 55.0 Å². The monoisotopic (exact) mass is 441 g/mol. The topological polar surface area (TPSA) is 104 Å². The Kier molecular flexibility index (Phi) is 5.12. The number of fused-ring (bicyclic) bond motifs is 2. The van der Waals surface area contributed by atoms with Gasteiger partial charge in [-0.25, -0.2) is 4.98 Å². The van der Waals surface area contributed by atoms with Crippen LogP contribution in [0, 0.1) is 13.8 Å². The van der Waals surface area contributed by atoms with E-state index >= 15 is 0 Å². The highest BCUT2D eigenvalue weighted by atomic mass is 16.2. The van der Waals surface area contributed by atoms with Crippen LogP contribution in [-0.2, 0) is 4.79 Å². The quantitative estimate of drug-likeness (QED) is 0.650. The fourth-order valence-corrected chi connectivity index (χ4v) is 4.58. The van der Waals surface area contributed by atoms with Crippen LogP contribution in [0.25, 0.3) is 11.1 Å². The van der Waals surface area contributed by atoms with Gasteiger partial charge in [-0.05, 0) is 54.7 Å². The molecule has 2 atom stereocenters. The highest BCUT2D eigenvalue weighted by Crippen LogP contribution is 2.33. The van der Waals surface area contributed by atoms with E-state index in [0.29, 0.717) is 24.2 Å². The van der Waals surface area contributed by atoms with Gasteiger partial charge in [0.05, 0.1) is 23.5 Å². The van der Waals surface area contributed by atoms with Gasteiger partial charge in [0.15, 0.2) is 0 Å². The van der Waals surface area contributed by atoms with E-state index in [1.165, 1.54) is 24.2 Å². The molecule has 2 aromatic carbocycles. The standard InChI is InChI=1S/C25H23N5O3/c1-14-4-3-5-17(15(14)2)16-6-7-19-18(12-16)25(33)30-11-8-20(22(30)24(32)28-19)29-23(31)21-13-26-9-10-27-21/h3-7,9-10,12-13,20,22H,8,11H2,1-2H3,(H,28,32)(H,29,31). The van der Waals surface area contributed by atoms with Gasteiger partial charge in [0.2, 0.25) is 5.91 Å². The van der Waals surface area contributed by atoms with Crippen molar-refractivity contribution in [3.05, 3.63) is 77.4 Å². The zero-order valence-electron chi connectivity index (χ0n) is 18.3. The highest BCUT2D eigenvalue weighted by molar-refractivity contribution is 6.11. The lowest BCUT2D eigenvalue weighted by Crippen LogP contribution is -2.51. The first kappa shape index (κ1) is 20.8. The third-order valence-electron chi connectivity index (χ3n) is 6.46. The molecule has 8 nitrogen and oxygen atoms in total. The van der Waals surface area contributed by atoms with Crippen LogP contribution in [0.1, 0.15) is 38.4 Å².